The van der Waals surface area contributed by atoms with Gasteiger partial charge in [0.25, 0.3) is 0 Å². The molecule has 4 fully saturated rings. The molecule has 2 aromatic heterocycles. The Morgan fingerprint density at radius 2 is 1.97 bits per heavy atom. The van der Waals surface area contributed by atoms with Crippen molar-refractivity contribution in [1.82, 2.24) is 20.0 Å². The van der Waals surface area contributed by atoms with E-state index in [0.717, 1.165) is 51.6 Å². The molecule has 8 unspecified atom stereocenters. The number of ketones is 1. The Morgan fingerprint density at radius 1 is 1.14 bits per heavy atom. The van der Waals surface area contributed by atoms with Crippen LogP contribution in [0, 0.1) is 40.4 Å². The second-order valence-electron chi connectivity index (χ2n) is 12.9. The molecule has 0 radical (unpaired) electrons. The van der Waals surface area contributed by atoms with Crippen LogP contribution in [-0.4, -0.2) is 50.2 Å². The number of hydrogen-bond acceptors (Lipinski definition) is 6. The van der Waals surface area contributed by atoms with Gasteiger partial charge in [-0.3, -0.25) is 4.79 Å². The van der Waals surface area contributed by atoms with Gasteiger partial charge in [0.15, 0.2) is 5.78 Å². The summed E-state index contributed by atoms with van der Waals surface area (Å²) in [5.74, 6) is 2.69. The molecule has 7 nitrogen and oxygen atoms in total. The largest absolute Gasteiger partial charge is 0.390 e. The number of Topliss-reactive ketones (excluding diaryl/α,β-unsaturated/α-hetero) is 1. The molecule has 0 amide bonds. The van der Waals surface area contributed by atoms with Crippen molar-refractivity contribution in [2.45, 2.75) is 83.8 Å². The summed E-state index contributed by atoms with van der Waals surface area (Å²) in [7, 11) is 1.84. The number of pyridine rings is 1. The van der Waals surface area contributed by atoms with Crippen LogP contribution in [0.4, 0.5) is 0 Å². The van der Waals surface area contributed by atoms with Crippen molar-refractivity contribution >= 4 is 28.5 Å². The van der Waals surface area contributed by atoms with E-state index in [2.05, 4.69) is 22.1 Å². The Bertz CT molecular complexity index is 1170. The molecule has 1 N–H and O–H groups in total. The van der Waals surface area contributed by atoms with Gasteiger partial charge in [-0.05, 0) is 105 Å². The highest BCUT2D eigenvalue weighted by molar-refractivity contribution is 6.30. The van der Waals surface area contributed by atoms with Crippen LogP contribution in [0.2, 0.25) is 5.02 Å². The normalized spacial score (nSPS) is 42.1. The highest BCUT2D eigenvalue weighted by Gasteiger charge is 2.63. The Kier molecular flexibility index (Phi) is 6.01. The molecule has 2 aromatic rings. The quantitative estimate of drug-likeness (QED) is 0.598. The Hall–Kier alpha value is -1.57. The van der Waals surface area contributed by atoms with Gasteiger partial charge in [-0.25, -0.2) is 4.98 Å². The van der Waals surface area contributed by atoms with Crippen molar-refractivity contribution in [1.29, 1.82) is 0 Å². The number of nitrogens with zero attached hydrogens (tertiary/aromatic N) is 4. The first kappa shape index (κ1) is 24.7. The van der Waals surface area contributed by atoms with Crippen molar-refractivity contribution in [3.8, 4) is 0 Å². The molecule has 4 aliphatic carbocycles. The standard InChI is InChI=1S/C28H39ClN4O3/c1-26(35)10-11-28(16-36-3)17(13-26)4-5-19-20-6-7-22(27(20,2)9-8-21(19)28)24(34)15-33-31-23-12-18(29)14-30-25(23)32-33/h12,14,17,19-22,35H,4-11,13,15-16H2,1-3H3. The van der Waals surface area contributed by atoms with Gasteiger partial charge in [0, 0.05) is 19.2 Å². The molecule has 4 aliphatic rings. The predicted octanol–water partition coefficient (Wildman–Crippen LogP) is 5.09. The van der Waals surface area contributed by atoms with Gasteiger partial charge in [-0.2, -0.15) is 9.90 Å². The molecule has 0 bridgehead atoms. The summed E-state index contributed by atoms with van der Waals surface area (Å²) in [5, 5.41) is 20.3. The fourth-order valence-corrected chi connectivity index (χ4v) is 9.61. The summed E-state index contributed by atoms with van der Waals surface area (Å²) in [5.41, 5.74) is 0.812. The minimum Gasteiger partial charge on any atom is -0.390 e. The van der Waals surface area contributed by atoms with E-state index in [1.165, 1.54) is 17.6 Å². The minimum atomic E-state index is -0.547. The summed E-state index contributed by atoms with van der Waals surface area (Å²) in [6.07, 6.45) is 11.1. The maximum absolute atomic E-state index is 13.6. The molecule has 0 saturated heterocycles. The van der Waals surface area contributed by atoms with Gasteiger partial charge in [0.05, 0.1) is 17.2 Å². The van der Waals surface area contributed by atoms with E-state index in [1.54, 1.807) is 12.3 Å². The van der Waals surface area contributed by atoms with Gasteiger partial charge in [0.1, 0.15) is 12.1 Å². The lowest BCUT2D eigenvalue weighted by atomic mass is 9.43. The number of ether oxygens (including phenoxy) is 1. The molecule has 0 aromatic carbocycles. The first-order valence-electron chi connectivity index (χ1n) is 13.8. The van der Waals surface area contributed by atoms with E-state index in [4.69, 9.17) is 16.3 Å². The fourth-order valence-electron chi connectivity index (χ4n) is 9.46. The third-order valence-corrected chi connectivity index (χ3v) is 11.2. The summed E-state index contributed by atoms with van der Waals surface area (Å²) in [4.78, 5) is 19.4. The topological polar surface area (TPSA) is 90.1 Å². The third kappa shape index (κ3) is 3.83. The van der Waals surface area contributed by atoms with Crippen molar-refractivity contribution in [3.63, 3.8) is 0 Å². The van der Waals surface area contributed by atoms with Gasteiger partial charge in [0.2, 0.25) is 5.65 Å². The van der Waals surface area contributed by atoms with Gasteiger partial charge < -0.3 is 9.84 Å². The maximum Gasteiger partial charge on any atom is 0.201 e. The van der Waals surface area contributed by atoms with E-state index in [9.17, 15) is 9.90 Å². The number of rotatable bonds is 5. The number of aliphatic hydroxyl groups is 1. The van der Waals surface area contributed by atoms with E-state index in [-0.39, 0.29) is 29.1 Å². The first-order chi connectivity index (χ1) is 17.1. The fraction of sp³-hybridized carbons (Fsp3) is 0.786. The van der Waals surface area contributed by atoms with Crippen molar-refractivity contribution in [3.05, 3.63) is 17.3 Å². The lowest BCUT2D eigenvalue weighted by Gasteiger charge is -2.62. The van der Waals surface area contributed by atoms with Crippen LogP contribution < -0.4 is 0 Å². The van der Waals surface area contributed by atoms with Crippen LogP contribution >= 0.6 is 11.6 Å². The van der Waals surface area contributed by atoms with Crippen molar-refractivity contribution in [2.24, 2.45) is 40.4 Å². The molecule has 8 heteroatoms. The van der Waals surface area contributed by atoms with Crippen LogP contribution in [0.15, 0.2) is 12.3 Å². The van der Waals surface area contributed by atoms with Crippen LogP contribution in [0.25, 0.3) is 11.2 Å². The lowest BCUT2D eigenvalue weighted by molar-refractivity contribution is -0.175. The van der Waals surface area contributed by atoms with E-state index < -0.39 is 5.60 Å². The van der Waals surface area contributed by atoms with Crippen molar-refractivity contribution < 1.29 is 14.6 Å². The van der Waals surface area contributed by atoms with Gasteiger partial charge in [-0.1, -0.05) is 18.5 Å². The molecule has 0 aliphatic heterocycles. The van der Waals surface area contributed by atoms with Crippen LogP contribution in [-0.2, 0) is 16.1 Å². The second-order valence-corrected chi connectivity index (χ2v) is 13.3. The average Bonchev–Trinajstić information content (AvgIpc) is 3.38. The number of methoxy groups -OCH3 is 1. The Balaban J connectivity index is 1.22. The third-order valence-electron chi connectivity index (χ3n) is 11.0. The van der Waals surface area contributed by atoms with Crippen LogP contribution in [0.3, 0.4) is 0 Å². The zero-order valence-electron chi connectivity index (χ0n) is 21.8. The Labute approximate surface area is 218 Å². The first-order valence-corrected chi connectivity index (χ1v) is 14.1. The van der Waals surface area contributed by atoms with E-state index >= 15 is 0 Å². The molecule has 36 heavy (non-hydrogen) atoms. The highest BCUT2D eigenvalue weighted by Crippen LogP contribution is 2.68. The van der Waals surface area contributed by atoms with E-state index in [1.807, 2.05) is 14.0 Å². The molecular formula is C28H39ClN4O3. The average molecular weight is 515 g/mol. The van der Waals surface area contributed by atoms with Crippen LogP contribution in [0.1, 0.15) is 71.6 Å². The molecule has 2 heterocycles. The zero-order chi connectivity index (χ0) is 25.3. The van der Waals surface area contributed by atoms with Gasteiger partial charge in [-0.15, -0.1) is 5.10 Å². The number of hydrogen-bond donors (Lipinski definition) is 1. The lowest BCUT2D eigenvalue weighted by Crippen LogP contribution is -2.58. The molecule has 8 atom stereocenters. The molecule has 4 saturated carbocycles. The second kappa shape index (κ2) is 8.74. The van der Waals surface area contributed by atoms with Crippen molar-refractivity contribution in [2.75, 3.05) is 13.7 Å². The maximum atomic E-state index is 13.6. The SMILES string of the molecule is COCC12CCC(C)(O)CC1CCC1C3CCC(C(=O)Cn4nc5cc(Cl)cnc5n4)C3(C)CCC12. The monoisotopic (exact) mass is 514 g/mol. The minimum absolute atomic E-state index is 0.0354. The molecule has 196 valence electrons. The number of fused-ring (bicyclic) bond motifs is 6. The predicted molar refractivity (Wildman–Crippen MR) is 137 cm³/mol. The smallest absolute Gasteiger partial charge is 0.201 e. The highest BCUT2D eigenvalue weighted by atomic mass is 35.5. The molecule has 6 rings (SSSR count). The summed E-state index contributed by atoms with van der Waals surface area (Å²) < 4.78 is 5.89. The summed E-state index contributed by atoms with van der Waals surface area (Å²) >= 11 is 6.05. The van der Waals surface area contributed by atoms with Crippen LogP contribution in [0.5, 0.6) is 0 Å². The van der Waals surface area contributed by atoms with E-state index in [0.29, 0.717) is 39.9 Å². The molecular weight excluding hydrogens is 476 g/mol. The Morgan fingerprint density at radius 3 is 2.78 bits per heavy atom. The zero-order valence-corrected chi connectivity index (χ0v) is 22.5. The number of aromatic nitrogens is 4. The molecule has 0 spiro atoms. The number of carbonyl (C=O) groups excluding carboxylic acids is 1. The summed E-state index contributed by atoms with van der Waals surface area (Å²) in [6.45, 7) is 5.40. The summed E-state index contributed by atoms with van der Waals surface area (Å²) in [6, 6.07) is 1.74. The number of carbonyl (C=O) groups is 1. The van der Waals surface area contributed by atoms with Gasteiger partial charge >= 0.3 is 0 Å². The number of halogens is 1.